The van der Waals surface area contributed by atoms with Crippen molar-refractivity contribution in [1.82, 2.24) is 9.55 Å². The van der Waals surface area contributed by atoms with E-state index >= 15 is 0 Å². The Morgan fingerprint density at radius 3 is 2.61 bits per heavy atom. The molecule has 0 spiro atoms. The van der Waals surface area contributed by atoms with E-state index in [2.05, 4.69) is 26.2 Å². The number of benzene rings is 1. The third-order valence-electron chi connectivity index (χ3n) is 4.15. The van der Waals surface area contributed by atoms with E-state index in [1.807, 2.05) is 35.0 Å². The molecule has 0 bridgehead atoms. The Bertz CT molecular complexity index is 665. The zero-order valence-corrected chi connectivity index (χ0v) is 15.1. The molecule has 1 aliphatic rings. The Hall–Kier alpha value is -1.37. The van der Waals surface area contributed by atoms with Gasteiger partial charge >= 0.3 is 0 Å². The molecule has 1 heterocycles. The minimum atomic E-state index is -0.742. The summed E-state index contributed by atoms with van der Waals surface area (Å²) in [4.78, 5) is 16.6. The molecule has 23 heavy (non-hydrogen) atoms. The molecule has 1 aromatic carbocycles. The van der Waals surface area contributed by atoms with Gasteiger partial charge in [0.2, 0.25) is 11.9 Å². The van der Waals surface area contributed by atoms with E-state index in [1.165, 1.54) is 0 Å². The highest BCUT2D eigenvalue weighted by atomic mass is 79.9. The second-order valence-electron chi connectivity index (χ2n) is 5.82. The molecule has 1 fully saturated rings. The molecule has 1 aliphatic carbocycles. The summed E-state index contributed by atoms with van der Waals surface area (Å²) in [5.41, 5.74) is 6.58. The number of amides is 1. The van der Waals surface area contributed by atoms with Crippen molar-refractivity contribution < 1.29 is 4.79 Å². The van der Waals surface area contributed by atoms with E-state index in [0.717, 1.165) is 35.7 Å². The van der Waals surface area contributed by atoms with Gasteiger partial charge in [-0.3, -0.25) is 10.1 Å². The van der Waals surface area contributed by atoms with E-state index in [9.17, 15) is 4.79 Å². The number of hydrogen-bond donors (Lipinski definition) is 2. The Kier molecular flexibility index (Phi) is 5.84. The second-order valence-corrected chi connectivity index (χ2v) is 6.74. The molecule has 5 nitrogen and oxygen atoms in total. The topological polar surface area (TPSA) is 72.9 Å². The van der Waals surface area contributed by atoms with Crippen LogP contribution in [0.3, 0.4) is 0 Å². The Balaban J connectivity index is 0.00000192. The molecule has 2 aromatic rings. The van der Waals surface area contributed by atoms with Gasteiger partial charge in [0, 0.05) is 16.9 Å². The SMILES string of the molecule is Cl.NC1(C(=O)Nc2nccn2Cc2ccc(Br)cc2)CCCC1. The average Bonchev–Trinajstić information content (AvgIpc) is 3.12. The van der Waals surface area contributed by atoms with Crippen molar-refractivity contribution in [3.63, 3.8) is 0 Å². The first-order chi connectivity index (χ1) is 10.6. The molecule has 0 saturated heterocycles. The minimum absolute atomic E-state index is 0. The molecule has 0 aliphatic heterocycles. The highest BCUT2D eigenvalue weighted by molar-refractivity contribution is 9.10. The highest BCUT2D eigenvalue weighted by Gasteiger charge is 2.37. The summed E-state index contributed by atoms with van der Waals surface area (Å²) in [5, 5.41) is 2.88. The van der Waals surface area contributed by atoms with Crippen LogP contribution < -0.4 is 11.1 Å². The number of nitrogens with one attached hydrogen (secondary N) is 1. The number of rotatable bonds is 4. The van der Waals surface area contributed by atoms with Crippen molar-refractivity contribution in [2.75, 3.05) is 5.32 Å². The van der Waals surface area contributed by atoms with Crippen molar-refractivity contribution in [2.24, 2.45) is 5.73 Å². The summed E-state index contributed by atoms with van der Waals surface area (Å²) in [6.45, 7) is 0.653. The first kappa shape index (κ1) is 18.0. The van der Waals surface area contributed by atoms with Crippen LogP contribution >= 0.6 is 28.3 Å². The number of nitrogens with zero attached hydrogens (tertiary/aromatic N) is 2. The van der Waals surface area contributed by atoms with Gasteiger partial charge < -0.3 is 10.3 Å². The Morgan fingerprint density at radius 1 is 1.30 bits per heavy atom. The van der Waals surface area contributed by atoms with Gasteiger partial charge in [-0.25, -0.2) is 4.98 Å². The normalized spacial score (nSPS) is 15.9. The fourth-order valence-corrected chi connectivity index (χ4v) is 3.07. The van der Waals surface area contributed by atoms with Gasteiger partial charge in [-0.1, -0.05) is 40.9 Å². The van der Waals surface area contributed by atoms with E-state index < -0.39 is 5.54 Å². The molecule has 0 unspecified atom stereocenters. The first-order valence-corrected chi connectivity index (χ1v) is 8.22. The number of nitrogens with two attached hydrogens (primary N) is 1. The average molecular weight is 400 g/mol. The third-order valence-corrected chi connectivity index (χ3v) is 4.68. The van der Waals surface area contributed by atoms with Crippen molar-refractivity contribution in [3.05, 3.63) is 46.7 Å². The Labute approximate surface area is 150 Å². The summed E-state index contributed by atoms with van der Waals surface area (Å²) >= 11 is 3.42. The van der Waals surface area contributed by atoms with Crippen LogP contribution in [0.4, 0.5) is 5.95 Å². The molecule has 7 heteroatoms. The van der Waals surface area contributed by atoms with Crippen molar-refractivity contribution in [2.45, 2.75) is 37.8 Å². The summed E-state index contributed by atoms with van der Waals surface area (Å²) < 4.78 is 2.96. The standard InChI is InChI=1S/C16H19BrN4O.ClH/c17-13-5-3-12(4-6-13)11-21-10-9-19-15(21)20-14(22)16(18)7-1-2-8-16;/h3-6,9-10H,1-2,7-8,11,18H2,(H,19,20,22);1H. The zero-order valence-electron chi connectivity index (χ0n) is 12.7. The van der Waals surface area contributed by atoms with Crippen LogP contribution in [0.15, 0.2) is 41.1 Å². The number of hydrogen-bond acceptors (Lipinski definition) is 3. The van der Waals surface area contributed by atoms with Crippen LogP contribution in [0.25, 0.3) is 0 Å². The van der Waals surface area contributed by atoms with Gasteiger partial charge in [-0.15, -0.1) is 12.4 Å². The summed E-state index contributed by atoms with van der Waals surface area (Å²) in [6, 6.07) is 8.07. The van der Waals surface area contributed by atoms with Gasteiger partial charge in [0.1, 0.15) is 0 Å². The lowest BCUT2D eigenvalue weighted by atomic mass is 9.98. The fourth-order valence-electron chi connectivity index (χ4n) is 2.81. The molecular weight excluding hydrogens is 380 g/mol. The lowest BCUT2D eigenvalue weighted by Gasteiger charge is -2.22. The molecule has 124 valence electrons. The quantitative estimate of drug-likeness (QED) is 0.828. The number of carbonyl (C=O) groups is 1. The predicted molar refractivity (Wildman–Crippen MR) is 96.7 cm³/mol. The van der Waals surface area contributed by atoms with E-state index in [1.54, 1.807) is 6.20 Å². The van der Waals surface area contributed by atoms with Gasteiger partial charge in [-0.2, -0.15) is 0 Å². The van der Waals surface area contributed by atoms with Gasteiger partial charge in [-0.05, 0) is 30.5 Å². The number of aromatic nitrogens is 2. The molecule has 3 rings (SSSR count). The first-order valence-electron chi connectivity index (χ1n) is 7.43. The summed E-state index contributed by atoms with van der Waals surface area (Å²) in [5.74, 6) is 0.415. The molecular formula is C16H20BrClN4O. The number of halogens is 2. The highest BCUT2D eigenvalue weighted by Crippen LogP contribution is 2.28. The smallest absolute Gasteiger partial charge is 0.246 e. The van der Waals surface area contributed by atoms with Crippen LogP contribution in [-0.2, 0) is 11.3 Å². The third kappa shape index (κ3) is 4.13. The molecule has 1 amide bonds. The van der Waals surface area contributed by atoms with Crippen LogP contribution in [0, 0.1) is 0 Å². The maximum absolute atomic E-state index is 12.4. The molecule has 1 aromatic heterocycles. The Morgan fingerprint density at radius 2 is 1.96 bits per heavy atom. The monoisotopic (exact) mass is 398 g/mol. The van der Waals surface area contributed by atoms with E-state index in [4.69, 9.17) is 5.73 Å². The minimum Gasteiger partial charge on any atom is -0.317 e. The maximum Gasteiger partial charge on any atom is 0.246 e. The van der Waals surface area contributed by atoms with Crippen LogP contribution in [-0.4, -0.2) is 21.0 Å². The number of carbonyl (C=O) groups excluding carboxylic acids is 1. The number of imidazole rings is 1. The van der Waals surface area contributed by atoms with Gasteiger partial charge in [0.05, 0.1) is 12.1 Å². The van der Waals surface area contributed by atoms with Crippen molar-refractivity contribution in [1.29, 1.82) is 0 Å². The molecule has 0 atom stereocenters. The van der Waals surface area contributed by atoms with Crippen LogP contribution in [0.5, 0.6) is 0 Å². The van der Waals surface area contributed by atoms with E-state index in [0.29, 0.717) is 12.5 Å². The van der Waals surface area contributed by atoms with Crippen LogP contribution in [0.2, 0.25) is 0 Å². The largest absolute Gasteiger partial charge is 0.317 e. The van der Waals surface area contributed by atoms with Gasteiger partial charge in [0.15, 0.2) is 0 Å². The van der Waals surface area contributed by atoms with Crippen molar-refractivity contribution in [3.8, 4) is 0 Å². The summed E-state index contributed by atoms with van der Waals surface area (Å²) in [7, 11) is 0. The predicted octanol–water partition coefficient (Wildman–Crippen LogP) is 3.33. The lowest BCUT2D eigenvalue weighted by molar-refractivity contribution is -0.121. The summed E-state index contributed by atoms with van der Waals surface area (Å²) in [6.07, 6.45) is 7.05. The van der Waals surface area contributed by atoms with E-state index in [-0.39, 0.29) is 18.3 Å². The zero-order chi connectivity index (χ0) is 15.6. The van der Waals surface area contributed by atoms with Gasteiger partial charge in [0.25, 0.3) is 0 Å². The molecule has 3 N–H and O–H groups in total. The van der Waals surface area contributed by atoms with Crippen molar-refractivity contribution >= 4 is 40.2 Å². The molecule has 1 saturated carbocycles. The molecule has 0 radical (unpaired) electrons. The number of anilines is 1. The fraction of sp³-hybridized carbons (Fsp3) is 0.375. The van der Waals surface area contributed by atoms with Crippen LogP contribution in [0.1, 0.15) is 31.2 Å². The second kappa shape index (κ2) is 7.47. The lowest BCUT2D eigenvalue weighted by Crippen LogP contribution is -2.49. The maximum atomic E-state index is 12.4.